The smallest absolute Gasteiger partial charge is 0.396 e. The van der Waals surface area contributed by atoms with Crippen molar-refractivity contribution in [3.63, 3.8) is 0 Å². The summed E-state index contributed by atoms with van der Waals surface area (Å²) in [7, 11) is 0. The summed E-state index contributed by atoms with van der Waals surface area (Å²) in [4.78, 5) is 12.3. The van der Waals surface area contributed by atoms with E-state index in [0.717, 1.165) is 12.1 Å². The molecule has 0 saturated carbocycles. The van der Waals surface area contributed by atoms with E-state index >= 15 is 0 Å². The highest BCUT2D eigenvalue weighted by molar-refractivity contribution is 6.39. The Morgan fingerprint density at radius 2 is 1.57 bits per heavy atom. The second-order valence-electron chi connectivity index (χ2n) is 4.23. The van der Waals surface area contributed by atoms with Gasteiger partial charge in [0.25, 0.3) is 0 Å². The van der Waals surface area contributed by atoms with Crippen LogP contribution in [-0.4, -0.2) is 5.78 Å². The molecular formula is C14H8Cl2F3NO. The number of benzene rings is 2. The van der Waals surface area contributed by atoms with Crippen LogP contribution in [0.4, 0.5) is 18.9 Å². The SMILES string of the molecule is Nc1c(Cl)cc(C(=O)c2ccccc2C(F)(F)F)cc1Cl. The number of ketones is 1. The van der Waals surface area contributed by atoms with Crippen molar-refractivity contribution in [3.8, 4) is 0 Å². The van der Waals surface area contributed by atoms with Gasteiger partial charge < -0.3 is 5.73 Å². The molecule has 7 heteroatoms. The fourth-order valence-electron chi connectivity index (χ4n) is 1.80. The van der Waals surface area contributed by atoms with E-state index in [0.29, 0.717) is 0 Å². The van der Waals surface area contributed by atoms with Crippen molar-refractivity contribution in [2.45, 2.75) is 6.18 Å². The van der Waals surface area contributed by atoms with Crippen LogP contribution in [0.25, 0.3) is 0 Å². The van der Waals surface area contributed by atoms with Crippen LogP contribution in [0.5, 0.6) is 0 Å². The summed E-state index contributed by atoms with van der Waals surface area (Å²) in [5, 5.41) is 0.0191. The average molecular weight is 334 g/mol. The zero-order chi connectivity index (χ0) is 15.8. The fraction of sp³-hybridized carbons (Fsp3) is 0.0714. The number of rotatable bonds is 2. The van der Waals surface area contributed by atoms with Crippen molar-refractivity contribution >= 4 is 34.7 Å². The van der Waals surface area contributed by atoms with E-state index in [1.54, 1.807) is 0 Å². The molecule has 2 nitrogen and oxygen atoms in total. The molecule has 2 rings (SSSR count). The van der Waals surface area contributed by atoms with Gasteiger partial charge in [0, 0.05) is 11.1 Å². The maximum absolute atomic E-state index is 12.9. The van der Waals surface area contributed by atoms with Gasteiger partial charge in [0.05, 0.1) is 21.3 Å². The number of nitrogen functional groups attached to an aromatic ring is 1. The van der Waals surface area contributed by atoms with Crippen molar-refractivity contribution in [3.05, 3.63) is 63.1 Å². The molecule has 0 bridgehead atoms. The molecule has 0 unspecified atom stereocenters. The molecule has 21 heavy (non-hydrogen) atoms. The Morgan fingerprint density at radius 1 is 1.05 bits per heavy atom. The van der Waals surface area contributed by atoms with Gasteiger partial charge in [-0.15, -0.1) is 0 Å². The number of anilines is 1. The molecule has 0 aliphatic rings. The normalized spacial score (nSPS) is 11.5. The van der Waals surface area contributed by atoms with Crippen LogP contribution in [0, 0.1) is 0 Å². The first-order chi connectivity index (χ1) is 9.71. The van der Waals surface area contributed by atoms with E-state index in [4.69, 9.17) is 28.9 Å². The molecular weight excluding hydrogens is 326 g/mol. The molecule has 0 aliphatic heterocycles. The minimum absolute atomic E-state index is 0.00957. The maximum atomic E-state index is 12.9. The van der Waals surface area contributed by atoms with Gasteiger partial charge in [0.2, 0.25) is 0 Å². The van der Waals surface area contributed by atoms with Crippen molar-refractivity contribution in [2.24, 2.45) is 0 Å². The minimum Gasteiger partial charge on any atom is -0.396 e. The molecule has 0 aliphatic carbocycles. The number of hydrogen-bond acceptors (Lipinski definition) is 2. The van der Waals surface area contributed by atoms with Crippen molar-refractivity contribution in [1.82, 2.24) is 0 Å². The summed E-state index contributed by atoms with van der Waals surface area (Å²) in [5.41, 5.74) is 4.06. The predicted molar refractivity (Wildman–Crippen MR) is 75.8 cm³/mol. The Labute approximate surface area is 128 Å². The number of halogens is 5. The summed E-state index contributed by atoms with van der Waals surface area (Å²) in [6, 6.07) is 6.89. The molecule has 0 fully saturated rings. The van der Waals surface area contributed by atoms with E-state index in [1.165, 1.54) is 24.3 Å². The first kappa shape index (κ1) is 15.7. The number of carbonyl (C=O) groups excluding carboxylic acids is 1. The lowest BCUT2D eigenvalue weighted by molar-refractivity contribution is -0.137. The van der Waals surface area contributed by atoms with Crippen LogP contribution in [0.2, 0.25) is 10.0 Å². The van der Waals surface area contributed by atoms with Crippen molar-refractivity contribution in [2.75, 3.05) is 5.73 Å². The van der Waals surface area contributed by atoms with Crippen LogP contribution in [0.3, 0.4) is 0 Å². The lowest BCUT2D eigenvalue weighted by Crippen LogP contribution is -2.13. The molecule has 0 spiro atoms. The highest BCUT2D eigenvalue weighted by atomic mass is 35.5. The number of alkyl halides is 3. The molecule has 0 atom stereocenters. The summed E-state index contributed by atoms with van der Waals surface area (Å²) in [6.45, 7) is 0. The van der Waals surface area contributed by atoms with Crippen LogP contribution in [0.1, 0.15) is 21.5 Å². The fourth-order valence-corrected chi connectivity index (χ4v) is 2.29. The molecule has 110 valence electrons. The van der Waals surface area contributed by atoms with E-state index in [1.807, 2.05) is 0 Å². The molecule has 2 N–H and O–H groups in total. The Balaban J connectivity index is 2.56. The Kier molecular flexibility index (Phi) is 4.16. The standard InChI is InChI=1S/C14H8Cl2F3NO/c15-10-5-7(6-11(16)12(10)20)13(21)8-3-1-2-4-9(8)14(17,18)19/h1-6H,20H2. The quantitative estimate of drug-likeness (QED) is 0.632. The monoisotopic (exact) mass is 333 g/mol. The first-order valence-corrected chi connectivity index (χ1v) is 6.43. The highest BCUT2D eigenvalue weighted by Gasteiger charge is 2.35. The van der Waals surface area contributed by atoms with Gasteiger partial charge in [-0.05, 0) is 18.2 Å². The Hall–Kier alpha value is -1.72. The first-order valence-electron chi connectivity index (χ1n) is 5.67. The van der Waals surface area contributed by atoms with Gasteiger partial charge in [-0.2, -0.15) is 13.2 Å². The largest absolute Gasteiger partial charge is 0.417 e. The van der Waals surface area contributed by atoms with Gasteiger partial charge in [0.15, 0.2) is 5.78 Å². The molecule has 2 aromatic rings. The lowest BCUT2D eigenvalue weighted by atomic mass is 9.98. The van der Waals surface area contributed by atoms with Crippen LogP contribution < -0.4 is 5.73 Å². The summed E-state index contributed by atoms with van der Waals surface area (Å²) < 4.78 is 38.8. The van der Waals surface area contributed by atoms with Gasteiger partial charge >= 0.3 is 6.18 Å². The zero-order valence-electron chi connectivity index (χ0n) is 10.3. The third-order valence-corrected chi connectivity index (χ3v) is 3.44. The molecule has 2 aromatic carbocycles. The molecule has 0 aromatic heterocycles. The van der Waals surface area contributed by atoms with Crippen molar-refractivity contribution in [1.29, 1.82) is 0 Å². The topological polar surface area (TPSA) is 43.1 Å². The Bertz CT molecular complexity index is 691. The third kappa shape index (κ3) is 3.14. The lowest BCUT2D eigenvalue weighted by Gasteiger charge is -2.12. The van der Waals surface area contributed by atoms with Gasteiger partial charge in [-0.1, -0.05) is 41.4 Å². The predicted octanol–water partition coefficient (Wildman–Crippen LogP) is 4.83. The minimum atomic E-state index is -4.63. The summed E-state index contributed by atoms with van der Waals surface area (Å²) in [5.74, 6) is -0.827. The van der Waals surface area contributed by atoms with Crippen molar-refractivity contribution < 1.29 is 18.0 Å². The van der Waals surface area contributed by atoms with Crippen LogP contribution in [-0.2, 0) is 6.18 Å². The maximum Gasteiger partial charge on any atom is 0.417 e. The average Bonchev–Trinajstić information content (AvgIpc) is 2.42. The summed E-state index contributed by atoms with van der Waals surface area (Å²) >= 11 is 11.6. The highest BCUT2D eigenvalue weighted by Crippen LogP contribution is 2.34. The molecule has 0 amide bonds. The van der Waals surface area contributed by atoms with E-state index in [2.05, 4.69) is 0 Å². The molecule has 0 radical (unpaired) electrons. The van der Waals surface area contributed by atoms with Gasteiger partial charge in [0.1, 0.15) is 0 Å². The van der Waals surface area contributed by atoms with Crippen LogP contribution in [0.15, 0.2) is 36.4 Å². The number of nitrogens with two attached hydrogens (primary N) is 1. The van der Waals surface area contributed by atoms with E-state index in [9.17, 15) is 18.0 Å². The second-order valence-corrected chi connectivity index (χ2v) is 5.04. The third-order valence-electron chi connectivity index (χ3n) is 2.82. The summed E-state index contributed by atoms with van der Waals surface area (Å²) in [6.07, 6.45) is -4.63. The van der Waals surface area contributed by atoms with Crippen LogP contribution >= 0.6 is 23.2 Å². The number of hydrogen-bond donors (Lipinski definition) is 1. The molecule has 0 heterocycles. The Morgan fingerprint density at radius 3 is 2.10 bits per heavy atom. The second kappa shape index (κ2) is 5.58. The van der Waals surface area contributed by atoms with E-state index in [-0.39, 0.29) is 21.3 Å². The van der Waals surface area contributed by atoms with Gasteiger partial charge in [-0.25, -0.2) is 0 Å². The number of carbonyl (C=O) groups is 1. The zero-order valence-corrected chi connectivity index (χ0v) is 11.9. The molecule has 0 saturated heterocycles. The van der Waals surface area contributed by atoms with Gasteiger partial charge in [-0.3, -0.25) is 4.79 Å². The van der Waals surface area contributed by atoms with E-state index < -0.39 is 23.1 Å².